The smallest absolute Gasteiger partial charge is 0.0219 e. The van der Waals surface area contributed by atoms with Gasteiger partial charge in [-0.3, -0.25) is 0 Å². The standard InChI is InChI=1S/C9H12.C7H14/c1-8(2)9-6-4-3-5-7-9;1-2-4-6-7-5-3-1/h3-8H,1-2H3;1-7H2. The van der Waals surface area contributed by atoms with Crippen LogP contribution in [0.1, 0.15) is 70.3 Å². The topological polar surface area (TPSA) is 0 Å². The van der Waals surface area contributed by atoms with Gasteiger partial charge in [-0.2, -0.15) is 0 Å². The molecule has 1 saturated carbocycles. The van der Waals surface area contributed by atoms with E-state index >= 15 is 0 Å². The highest BCUT2D eigenvalue weighted by molar-refractivity contribution is 5.17. The zero-order valence-corrected chi connectivity index (χ0v) is 10.9. The van der Waals surface area contributed by atoms with Crippen LogP contribution in [-0.4, -0.2) is 0 Å². The highest BCUT2D eigenvalue weighted by Crippen LogP contribution is 2.15. The molecule has 1 aliphatic rings. The van der Waals surface area contributed by atoms with Crippen molar-refractivity contribution in [1.82, 2.24) is 0 Å². The molecule has 16 heavy (non-hydrogen) atoms. The number of rotatable bonds is 1. The molecule has 0 spiro atoms. The van der Waals surface area contributed by atoms with Crippen LogP contribution in [0.15, 0.2) is 30.3 Å². The molecule has 0 nitrogen and oxygen atoms in total. The van der Waals surface area contributed by atoms with Crippen molar-refractivity contribution in [3.05, 3.63) is 35.9 Å². The SMILES string of the molecule is C1CCCCCC1.CC(C)c1ccccc1. The Balaban J connectivity index is 0.000000165. The van der Waals surface area contributed by atoms with Gasteiger partial charge in [0, 0.05) is 0 Å². The zero-order chi connectivity index (χ0) is 11.6. The van der Waals surface area contributed by atoms with Gasteiger partial charge in [-0.15, -0.1) is 0 Å². The van der Waals surface area contributed by atoms with Gasteiger partial charge in [0.15, 0.2) is 0 Å². The Labute approximate surface area is 101 Å². The summed E-state index contributed by atoms with van der Waals surface area (Å²) in [5.74, 6) is 0.659. The van der Waals surface area contributed by atoms with Crippen LogP contribution in [0, 0.1) is 0 Å². The average molecular weight is 218 g/mol. The molecule has 1 aromatic carbocycles. The molecule has 0 saturated heterocycles. The summed E-state index contributed by atoms with van der Waals surface area (Å²) in [6, 6.07) is 10.5. The van der Waals surface area contributed by atoms with Crippen molar-refractivity contribution in [1.29, 1.82) is 0 Å². The Kier molecular flexibility index (Phi) is 6.96. The van der Waals surface area contributed by atoms with Crippen molar-refractivity contribution >= 4 is 0 Å². The highest BCUT2D eigenvalue weighted by atomic mass is 14.0. The fraction of sp³-hybridized carbons (Fsp3) is 0.625. The number of benzene rings is 1. The van der Waals surface area contributed by atoms with Crippen molar-refractivity contribution in [2.75, 3.05) is 0 Å². The third-order valence-electron chi connectivity index (χ3n) is 3.22. The van der Waals surface area contributed by atoms with E-state index in [1.807, 2.05) is 6.07 Å². The molecule has 0 aromatic heterocycles. The van der Waals surface area contributed by atoms with Crippen LogP contribution >= 0.6 is 0 Å². The lowest BCUT2D eigenvalue weighted by atomic mass is 10.0. The van der Waals surface area contributed by atoms with E-state index in [0.717, 1.165) is 0 Å². The van der Waals surface area contributed by atoms with E-state index in [-0.39, 0.29) is 0 Å². The Morgan fingerprint density at radius 1 is 0.688 bits per heavy atom. The molecule has 0 bridgehead atoms. The fourth-order valence-electron chi connectivity index (χ4n) is 2.08. The van der Waals surface area contributed by atoms with Gasteiger partial charge >= 0.3 is 0 Å². The summed E-state index contributed by atoms with van der Waals surface area (Å²) >= 11 is 0. The van der Waals surface area contributed by atoms with E-state index in [2.05, 4.69) is 38.1 Å². The molecule has 0 aliphatic heterocycles. The molecule has 0 N–H and O–H groups in total. The van der Waals surface area contributed by atoms with E-state index in [4.69, 9.17) is 0 Å². The van der Waals surface area contributed by atoms with E-state index in [9.17, 15) is 0 Å². The van der Waals surface area contributed by atoms with Crippen molar-refractivity contribution in [2.45, 2.75) is 64.7 Å². The van der Waals surface area contributed by atoms with E-state index in [0.29, 0.717) is 5.92 Å². The van der Waals surface area contributed by atoms with Crippen LogP contribution in [0.25, 0.3) is 0 Å². The maximum absolute atomic E-state index is 2.20. The highest BCUT2D eigenvalue weighted by Gasteiger charge is 1.95. The van der Waals surface area contributed by atoms with Crippen LogP contribution in [0.3, 0.4) is 0 Å². The summed E-state index contributed by atoms with van der Waals surface area (Å²) in [7, 11) is 0. The summed E-state index contributed by atoms with van der Waals surface area (Å²) in [5.41, 5.74) is 1.41. The summed E-state index contributed by atoms with van der Waals surface area (Å²) in [4.78, 5) is 0. The second-order valence-corrected chi connectivity index (χ2v) is 5.04. The monoisotopic (exact) mass is 218 g/mol. The first-order valence-corrected chi connectivity index (χ1v) is 6.85. The van der Waals surface area contributed by atoms with Crippen LogP contribution in [0.5, 0.6) is 0 Å². The molecule has 2 rings (SSSR count). The maximum atomic E-state index is 2.20. The molecule has 1 aliphatic carbocycles. The van der Waals surface area contributed by atoms with E-state index in [1.54, 1.807) is 0 Å². The van der Waals surface area contributed by atoms with Crippen molar-refractivity contribution in [2.24, 2.45) is 0 Å². The van der Waals surface area contributed by atoms with Gasteiger partial charge in [-0.1, -0.05) is 89.1 Å². The third kappa shape index (κ3) is 5.95. The molecule has 0 amide bonds. The van der Waals surface area contributed by atoms with Gasteiger partial charge in [0.25, 0.3) is 0 Å². The zero-order valence-electron chi connectivity index (χ0n) is 10.9. The van der Waals surface area contributed by atoms with Crippen molar-refractivity contribution < 1.29 is 0 Å². The maximum Gasteiger partial charge on any atom is -0.0219 e. The molecular formula is C16H26. The molecule has 0 heteroatoms. The van der Waals surface area contributed by atoms with Gasteiger partial charge in [0.05, 0.1) is 0 Å². The quantitative estimate of drug-likeness (QED) is 0.543. The molecule has 0 unspecified atom stereocenters. The lowest BCUT2D eigenvalue weighted by Crippen LogP contribution is -1.83. The Bertz CT molecular complexity index is 228. The third-order valence-corrected chi connectivity index (χ3v) is 3.22. The normalized spacial score (nSPS) is 16.2. The van der Waals surface area contributed by atoms with Gasteiger partial charge < -0.3 is 0 Å². The first-order chi connectivity index (χ1) is 7.80. The summed E-state index contributed by atoms with van der Waals surface area (Å²) in [5, 5.41) is 0. The Morgan fingerprint density at radius 3 is 1.31 bits per heavy atom. The largest absolute Gasteiger partial charge is 0.0622 e. The van der Waals surface area contributed by atoms with E-state index < -0.39 is 0 Å². The van der Waals surface area contributed by atoms with Gasteiger partial charge in [-0.05, 0) is 11.5 Å². The second kappa shape index (κ2) is 8.38. The predicted octanol–water partition coefficient (Wildman–Crippen LogP) is 5.54. The molecule has 90 valence electrons. The lowest BCUT2D eigenvalue weighted by Gasteiger charge is -2.01. The van der Waals surface area contributed by atoms with Gasteiger partial charge in [0.1, 0.15) is 0 Å². The summed E-state index contributed by atoms with van der Waals surface area (Å²) < 4.78 is 0. The predicted molar refractivity (Wildman–Crippen MR) is 72.9 cm³/mol. The Morgan fingerprint density at radius 2 is 1.06 bits per heavy atom. The molecule has 0 heterocycles. The molecule has 1 fully saturated rings. The van der Waals surface area contributed by atoms with Crippen LogP contribution < -0.4 is 0 Å². The van der Waals surface area contributed by atoms with Crippen LogP contribution in [-0.2, 0) is 0 Å². The van der Waals surface area contributed by atoms with Gasteiger partial charge in [-0.25, -0.2) is 0 Å². The first-order valence-electron chi connectivity index (χ1n) is 6.85. The summed E-state index contributed by atoms with van der Waals surface area (Å²) in [6.45, 7) is 4.41. The van der Waals surface area contributed by atoms with Crippen LogP contribution in [0.4, 0.5) is 0 Å². The first kappa shape index (κ1) is 13.3. The molecule has 0 atom stereocenters. The number of hydrogen-bond donors (Lipinski definition) is 0. The minimum absolute atomic E-state index is 0.659. The van der Waals surface area contributed by atoms with Crippen molar-refractivity contribution in [3.8, 4) is 0 Å². The fourth-order valence-corrected chi connectivity index (χ4v) is 2.08. The minimum Gasteiger partial charge on any atom is -0.0622 e. The summed E-state index contributed by atoms with van der Waals surface area (Å²) in [6.07, 6.45) is 10.5. The second-order valence-electron chi connectivity index (χ2n) is 5.04. The lowest BCUT2D eigenvalue weighted by molar-refractivity contribution is 0.702. The molecular weight excluding hydrogens is 192 g/mol. The van der Waals surface area contributed by atoms with Crippen molar-refractivity contribution in [3.63, 3.8) is 0 Å². The molecule has 1 aromatic rings. The van der Waals surface area contributed by atoms with Gasteiger partial charge in [0.2, 0.25) is 0 Å². The molecule has 0 radical (unpaired) electrons. The minimum atomic E-state index is 0.659. The van der Waals surface area contributed by atoms with E-state index in [1.165, 1.54) is 50.5 Å². The Hall–Kier alpha value is -0.780. The average Bonchev–Trinajstić information content (AvgIpc) is 2.63. The van der Waals surface area contributed by atoms with Crippen LogP contribution in [0.2, 0.25) is 0 Å². The number of hydrogen-bond acceptors (Lipinski definition) is 0.